The summed E-state index contributed by atoms with van der Waals surface area (Å²) < 4.78 is 0. The number of fused-ring (bicyclic) bond motifs is 1. The molecule has 4 amide bonds. The van der Waals surface area contributed by atoms with Gasteiger partial charge in [-0.2, -0.15) is 0 Å². The number of hydrogen-bond donors (Lipinski definition) is 3. The quantitative estimate of drug-likeness (QED) is 0.335. The van der Waals surface area contributed by atoms with E-state index in [1.54, 1.807) is 42.5 Å². The molecule has 1 aliphatic rings. The molecule has 3 N–H and O–H groups in total. The van der Waals surface area contributed by atoms with Crippen LogP contribution in [0.3, 0.4) is 0 Å². The second-order valence-electron chi connectivity index (χ2n) is 8.26. The molecular weight excluding hydrogens is 480 g/mol. The summed E-state index contributed by atoms with van der Waals surface area (Å²) in [5.41, 5.74) is 1.37. The van der Waals surface area contributed by atoms with Crippen LogP contribution < -0.4 is 20.4 Å². The Bertz CT molecular complexity index is 1230. The molecule has 2 atom stereocenters. The molecule has 192 valence electrons. The molecule has 0 aliphatic carbocycles. The van der Waals surface area contributed by atoms with Crippen molar-refractivity contribution in [1.82, 2.24) is 10.6 Å². The number of rotatable bonds is 9. The minimum absolute atomic E-state index is 0.176. The van der Waals surface area contributed by atoms with Gasteiger partial charge in [0.25, 0.3) is 5.91 Å². The molecule has 0 radical (unpaired) electrons. The Morgan fingerprint density at radius 1 is 1.05 bits per heavy atom. The zero-order valence-corrected chi connectivity index (χ0v) is 20.0. The summed E-state index contributed by atoms with van der Waals surface area (Å²) in [4.78, 5) is 75.9. The van der Waals surface area contributed by atoms with E-state index in [0.717, 1.165) is 10.5 Å². The molecule has 3 rings (SSSR count). The molecule has 11 heteroatoms. The lowest BCUT2D eigenvalue weighted by Crippen LogP contribution is -2.54. The SMILES string of the molecule is CC(=O)N1C[C@H](NC(=O)C=Cc2ccccc2)C(=O)N(CC(=O)N[C@H](C=O)CC(=O)O)c2ccccc21. The fourth-order valence-corrected chi connectivity index (χ4v) is 3.83. The van der Waals surface area contributed by atoms with Gasteiger partial charge in [0.05, 0.1) is 30.4 Å². The standard InChI is InChI=1S/C26H26N4O7/c1-17(32)29-14-20(28-23(33)12-11-18-7-3-2-4-8-18)26(37)30(22-10-6-5-9-21(22)29)15-24(34)27-19(16-31)13-25(35)36/h2-12,16,19-20H,13-15H2,1H3,(H,27,34)(H,28,33)(H,35,36)/t19-,20-/m0/s1. The fourth-order valence-electron chi connectivity index (χ4n) is 3.83. The summed E-state index contributed by atoms with van der Waals surface area (Å²) in [5, 5.41) is 13.8. The molecule has 0 saturated carbocycles. The highest BCUT2D eigenvalue weighted by atomic mass is 16.4. The van der Waals surface area contributed by atoms with Crippen molar-refractivity contribution in [3.63, 3.8) is 0 Å². The molecule has 0 unspecified atom stereocenters. The third kappa shape index (κ3) is 7.10. The van der Waals surface area contributed by atoms with Gasteiger partial charge in [0, 0.05) is 13.0 Å². The summed E-state index contributed by atoms with van der Waals surface area (Å²) in [5.74, 6) is -3.69. The molecule has 1 aliphatic heterocycles. The first-order chi connectivity index (χ1) is 17.7. The number of anilines is 2. The van der Waals surface area contributed by atoms with Crippen molar-refractivity contribution >= 4 is 53.3 Å². The Morgan fingerprint density at radius 3 is 2.32 bits per heavy atom. The second-order valence-corrected chi connectivity index (χ2v) is 8.26. The van der Waals surface area contributed by atoms with E-state index in [1.165, 1.54) is 17.9 Å². The Morgan fingerprint density at radius 2 is 1.70 bits per heavy atom. The molecule has 0 bridgehead atoms. The van der Waals surface area contributed by atoms with Gasteiger partial charge in [-0.1, -0.05) is 42.5 Å². The van der Waals surface area contributed by atoms with Crippen molar-refractivity contribution in [2.45, 2.75) is 25.4 Å². The van der Waals surface area contributed by atoms with Crippen LogP contribution in [0.2, 0.25) is 0 Å². The highest BCUT2D eigenvalue weighted by Crippen LogP contribution is 2.32. The van der Waals surface area contributed by atoms with Gasteiger partial charge in [-0.3, -0.25) is 28.9 Å². The van der Waals surface area contributed by atoms with Crippen molar-refractivity contribution in [3.05, 3.63) is 66.2 Å². The Hall–Kier alpha value is -4.80. The topological polar surface area (TPSA) is 153 Å². The average Bonchev–Trinajstić information content (AvgIpc) is 2.98. The van der Waals surface area contributed by atoms with E-state index in [0.29, 0.717) is 12.0 Å². The third-order valence-electron chi connectivity index (χ3n) is 5.52. The highest BCUT2D eigenvalue weighted by Gasteiger charge is 2.36. The maximum absolute atomic E-state index is 13.6. The summed E-state index contributed by atoms with van der Waals surface area (Å²) in [7, 11) is 0. The van der Waals surface area contributed by atoms with Gasteiger partial charge in [-0.05, 0) is 23.8 Å². The molecule has 0 spiro atoms. The number of carbonyl (C=O) groups is 6. The number of amides is 4. The Balaban J connectivity index is 1.88. The number of benzene rings is 2. The van der Waals surface area contributed by atoms with Crippen LogP contribution in [0.1, 0.15) is 18.9 Å². The van der Waals surface area contributed by atoms with Crippen molar-refractivity contribution in [1.29, 1.82) is 0 Å². The minimum atomic E-state index is -1.28. The van der Waals surface area contributed by atoms with Crippen molar-refractivity contribution in [2.75, 3.05) is 22.9 Å². The molecule has 2 aromatic carbocycles. The first-order valence-electron chi connectivity index (χ1n) is 11.4. The number of para-hydroxylation sites is 2. The van der Waals surface area contributed by atoms with Gasteiger partial charge in [0.2, 0.25) is 17.7 Å². The monoisotopic (exact) mass is 506 g/mol. The lowest BCUT2D eigenvalue weighted by Gasteiger charge is -2.25. The number of hydrogen-bond acceptors (Lipinski definition) is 6. The van der Waals surface area contributed by atoms with Gasteiger partial charge in [0.1, 0.15) is 18.9 Å². The number of aldehydes is 1. The first kappa shape index (κ1) is 26.8. The highest BCUT2D eigenvalue weighted by molar-refractivity contribution is 6.10. The van der Waals surface area contributed by atoms with E-state index in [9.17, 15) is 28.8 Å². The molecule has 1 heterocycles. The number of nitrogens with one attached hydrogen (secondary N) is 2. The Kier molecular flexibility index (Phi) is 8.87. The zero-order chi connectivity index (χ0) is 26.9. The largest absolute Gasteiger partial charge is 0.481 e. The van der Waals surface area contributed by atoms with Gasteiger partial charge >= 0.3 is 5.97 Å². The van der Waals surface area contributed by atoms with Crippen molar-refractivity contribution in [2.24, 2.45) is 0 Å². The van der Waals surface area contributed by atoms with Gasteiger partial charge in [-0.15, -0.1) is 0 Å². The molecule has 0 fully saturated rings. The maximum atomic E-state index is 13.6. The predicted octanol–water partition coefficient (Wildman–Crippen LogP) is 0.743. The predicted molar refractivity (Wildman–Crippen MR) is 134 cm³/mol. The van der Waals surface area contributed by atoms with Crippen LogP contribution in [0.4, 0.5) is 11.4 Å². The third-order valence-corrected chi connectivity index (χ3v) is 5.52. The van der Waals surface area contributed by atoms with Crippen LogP contribution >= 0.6 is 0 Å². The van der Waals surface area contributed by atoms with E-state index in [1.807, 2.05) is 18.2 Å². The number of carboxylic acids is 1. The van der Waals surface area contributed by atoms with Crippen LogP contribution in [0, 0.1) is 0 Å². The van der Waals surface area contributed by atoms with Crippen LogP contribution in [0.5, 0.6) is 0 Å². The Labute approximate surface area is 212 Å². The minimum Gasteiger partial charge on any atom is -0.481 e. The lowest BCUT2D eigenvalue weighted by molar-refractivity contribution is -0.139. The number of aliphatic carboxylic acids is 1. The van der Waals surface area contributed by atoms with E-state index in [-0.39, 0.29) is 18.1 Å². The van der Waals surface area contributed by atoms with Crippen LogP contribution in [-0.4, -0.2) is 66.2 Å². The van der Waals surface area contributed by atoms with Crippen LogP contribution in [-0.2, 0) is 28.8 Å². The molecule has 0 aromatic heterocycles. The van der Waals surface area contributed by atoms with E-state index >= 15 is 0 Å². The fraction of sp³-hybridized carbons (Fsp3) is 0.231. The van der Waals surface area contributed by atoms with Crippen molar-refractivity contribution in [3.8, 4) is 0 Å². The van der Waals surface area contributed by atoms with E-state index in [4.69, 9.17) is 5.11 Å². The van der Waals surface area contributed by atoms with Gasteiger partial charge in [0.15, 0.2) is 0 Å². The normalized spacial score (nSPS) is 15.9. The lowest BCUT2D eigenvalue weighted by atomic mass is 10.2. The summed E-state index contributed by atoms with van der Waals surface area (Å²) >= 11 is 0. The molecule has 2 aromatic rings. The van der Waals surface area contributed by atoms with E-state index < -0.39 is 48.7 Å². The van der Waals surface area contributed by atoms with Crippen LogP contribution in [0.15, 0.2) is 60.7 Å². The van der Waals surface area contributed by atoms with Crippen LogP contribution in [0.25, 0.3) is 6.08 Å². The summed E-state index contributed by atoms with van der Waals surface area (Å²) in [6, 6.07) is 13.0. The summed E-state index contributed by atoms with van der Waals surface area (Å²) in [6.45, 7) is 0.570. The first-order valence-corrected chi connectivity index (χ1v) is 11.4. The van der Waals surface area contributed by atoms with Gasteiger partial charge < -0.3 is 25.4 Å². The maximum Gasteiger partial charge on any atom is 0.305 e. The zero-order valence-electron chi connectivity index (χ0n) is 20.0. The molecule has 37 heavy (non-hydrogen) atoms. The number of carboxylic acid groups (broad SMARTS) is 1. The molecular formula is C26H26N4O7. The van der Waals surface area contributed by atoms with Crippen molar-refractivity contribution < 1.29 is 33.9 Å². The average molecular weight is 507 g/mol. The smallest absolute Gasteiger partial charge is 0.305 e. The molecule has 0 saturated heterocycles. The van der Waals surface area contributed by atoms with Gasteiger partial charge in [-0.25, -0.2) is 0 Å². The molecule has 11 nitrogen and oxygen atoms in total. The van der Waals surface area contributed by atoms with E-state index in [2.05, 4.69) is 10.6 Å². The number of carbonyl (C=O) groups excluding carboxylic acids is 5. The number of nitrogens with zero attached hydrogens (tertiary/aromatic N) is 2. The summed E-state index contributed by atoms with van der Waals surface area (Å²) in [6.07, 6.45) is 2.51. The second kappa shape index (κ2) is 12.2.